The summed E-state index contributed by atoms with van der Waals surface area (Å²) in [5.41, 5.74) is 3.59. The fourth-order valence-electron chi connectivity index (χ4n) is 3.12. The normalized spacial score (nSPS) is 13.0. The minimum absolute atomic E-state index is 0.0210. The van der Waals surface area contributed by atoms with Crippen molar-refractivity contribution in [3.05, 3.63) is 63.0 Å². The average Bonchev–Trinajstić information content (AvgIpc) is 2.89. The number of hydrogen-bond donors (Lipinski definition) is 0. The van der Waals surface area contributed by atoms with E-state index in [1.54, 1.807) is 24.8 Å². The molecule has 0 atom stereocenters. The largest absolute Gasteiger partial charge is 0.311 e. The third-order valence-electron chi connectivity index (χ3n) is 4.11. The Kier molecular flexibility index (Phi) is 3.82. The zero-order valence-corrected chi connectivity index (χ0v) is 13.1. The van der Waals surface area contributed by atoms with Gasteiger partial charge in [0.05, 0.1) is 17.0 Å². The van der Waals surface area contributed by atoms with Gasteiger partial charge in [0, 0.05) is 17.8 Å². The predicted octanol–water partition coefficient (Wildman–Crippen LogP) is 2.74. The molecule has 1 aromatic carbocycles. The Morgan fingerprint density at radius 3 is 2.78 bits per heavy atom. The lowest BCUT2D eigenvalue weighted by atomic mass is 10.1. The number of aryl methyl sites for hydroxylation is 2. The number of pyridine rings is 1. The summed E-state index contributed by atoms with van der Waals surface area (Å²) in [6.45, 7) is 3.94. The number of nitro groups is 1. The molecule has 0 spiro atoms. The van der Waals surface area contributed by atoms with Crippen LogP contribution in [0.15, 0.2) is 30.3 Å². The predicted molar refractivity (Wildman–Crippen MR) is 86.6 cm³/mol. The third-order valence-corrected chi connectivity index (χ3v) is 4.11. The number of fused-ring (bicyclic) bond motifs is 1. The number of nitrogens with zero attached hydrogens (tertiary/aromatic N) is 3. The summed E-state index contributed by atoms with van der Waals surface area (Å²) in [6.07, 6.45) is 1.00. The maximum Gasteiger partial charge on any atom is 0.293 e. The van der Waals surface area contributed by atoms with Crippen LogP contribution in [0.1, 0.15) is 22.5 Å². The average molecular weight is 311 g/mol. The van der Waals surface area contributed by atoms with Crippen LogP contribution in [-0.4, -0.2) is 22.4 Å². The van der Waals surface area contributed by atoms with Crippen molar-refractivity contribution in [2.75, 3.05) is 11.4 Å². The summed E-state index contributed by atoms with van der Waals surface area (Å²) in [7, 11) is 0. The van der Waals surface area contributed by atoms with Gasteiger partial charge in [0.25, 0.3) is 5.69 Å². The topological polar surface area (TPSA) is 76.3 Å². The molecule has 0 fully saturated rings. The van der Waals surface area contributed by atoms with Gasteiger partial charge in [0.2, 0.25) is 5.91 Å². The van der Waals surface area contributed by atoms with Gasteiger partial charge < -0.3 is 4.90 Å². The fourth-order valence-corrected chi connectivity index (χ4v) is 3.12. The molecule has 0 saturated heterocycles. The second-order valence-corrected chi connectivity index (χ2v) is 5.72. The molecule has 2 aromatic rings. The van der Waals surface area contributed by atoms with Crippen LogP contribution in [0.3, 0.4) is 0 Å². The van der Waals surface area contributed by atoms with Gasteiger partial charge in [-0.05, 0) is 38.0 Å². The molecular weight excluding hydrogens is 294 g/mol. The van der Waals surface area contributed by atoms with E-state index in [2.05, 4.69) is 4.98 Å². The molecule has 0 unspecified atom stereocenters. The van der Waals surface area contributed by atoms with E-state index >= 15 is 0 Å². The molecule has 1 amide bonds. The standard InChI is InChI=1S/C17H17N3O3/c1-11-9-14(18-12(2)17(11)20(22)23)10-16(21)19-8-7-13-5-3-4-6-15(13)19/h3-6,9H,7-8,10H2,1-2H3. The van der Waals surface area contributed by atoms with Crippen LogP contribution in [0.2, 0.25) is 0 Å². The number of carbonyl (C=O) groups excluding carboxylic acids is 1. The van der Waals surface area contributed by atoms with Gasteiger partial charge in [0.1, 0.15) is 5.69 Å². The number of hydrogen-bond acceptors (Lipinski definition) is 4. The van der Waals surface area contributed by atoms with Gasteiger partial charge in [-0.3, -0.25) is 19.9 Å². The maximum atomic E-state index is 12.6. The number of para-hydroxylation sites is 1. The summed E-state index contributed by atoms with van der Waals surface area (Å²) < 4.78 is 0. The SMILES string of the molecule is Cc1cc(CC(=O)N2CCc3ccccc32)nc(C)c1[N+](=O)[O-]. The quantitative estimate of drug-likeness (QED) is 0.645. The molecule has 3 rings (SSSR count). The molecule has 1 aromatic heterocycles. The van der Waals surface area contributed by atoms with Gasteiger partial charge in [-0.25, -0.2) is 0 Å². The van der Waals surface area contributed by atoms with Gasteiger partial charge >= 0.3 is 0 Å². The Balaban J connectivity index is 1.83. The molecule has 0 bridgehead atoms. The van der Waals surface area contributed by atoms with Crippen LogP contribution in [0.25, 0.3) is 0 Å². The Morgan fingerprint density at radius 2 is 2.09 bits per heavy atom. The highest BCUT2D eigenvalue weighted by Gasteiger charge is 2.25. The lowest BCUT2D eigenvalue weighted by Crippen LogP contribution is -2.30. The molecular formula is C17H17N3O3. The van der Waals surface area contributed by atoms with E-state index in [0.717, 1.165) is 12.1 Å². The van der Waals surface area contributed by atoms with Crippen molar-refractivity contribution in [3.8, 4) is 0 Å². The second kappa shape index (κ2) is 5.79. The van der Waals surface area contributed by atoms with Crippen LogP contribution >= 0.6 is 0 Å². The van der Waals surface area contributed by atoms with Crippen LogP contribution in [-0.2, 0) is 17.6 Å². The van der Waals surface area contributed by atoms with E-state index < -0.39 is 4.92 Å². The molecule has 6 heteroatoms. The van der Waals surface area contributed by atoms with Gasteiger partial charge in [-0.2, -0.15) is 0 Å². The maximum absolute atomic E-state index is 12.6. The molecule has 1 aliphatic heterocycles. The zero-order chi connectivity index (χ0) is 16.6. The third kappa shape index (κ3) is 2.79. The van der Waals surface area contributed by atoms with E-state index in [9.17, 15) is 14.9 Å². The van der Waals surface area contributed by atoms with Crippen molar-refractivity contribution < 1.29 is 9.72 Å². The van der Waals surface area contributed by atoms with Gasteiger partial charge in [0.15, 0.2) is 0 Å². The number of benzene rings is 1. The highest BCUT2D eigenvalue weighted by atomic mass is 16.6. The lowest BCUT2D eigenvalue weighted by Gasteiger charge is -2.17. The highest BCUT2D eigenvalue weighted by Crippen LogP contribution is 2.28. The molecule has 6 nitrogen and oxygen atoms in total. The molecule has 0 radical (unpaired) electrons. The summed E-state index contributed by atoms with van der Waals surface area (Å²) in [6, 6.07) is 9.49. The second-order valence-electron chi connectivity index (χ2n) is 5.72. The van der Waals surface area contributed by atoms with Gasteiger partial charge in [-0.15, -0.1) is 0 Å². The van der Waals surface area contributed by atoms with Crippen LogP contribution in [0.5, 0.6) is 0 Å². The molecule has 118 valence electrons. The first-order chi connectivity index (χ1) is 11.0. The summed E-state index contributed by atoms with van der Waals surface area (Å²) in [5, 5.41) is 11.0. The summed E-state index contributed by atoms with van der Waals surface area (Å²) >= 11 is 0. The summed E-state index contributed by atoms with van der Waals surface area (Å²) in [5.74, 6) is -0.0323. The molecule has 0 N–H and O–H groups in total. The van der Waals surface area contributed by atoms with Gasteiger partial charge in [-0.1, -0.05) is 18.2 Å². The number of carbonyl (C=O) groups is 1. The Morgan fingerprint density at radius 1 is 1.35 bits per heavy atom. The number of rotatable bonds is 3. The van der Waals surface area contributed by atoms with Crippen molar-refractivity contribution in [1.29, 1.82) is 0 Å². The summed E-state index contributed by atoms with van der Waals surface area (Å²) in [4.78, 5) is 29.2. The van der Waals surface area contributed by atoms with E-state index in [4.69, 9.17) is 0 Å². The van der Waals surface area contributed by atoms with E-state index in [1.165, 1.54) is 5.56 Å². The Bertz CT molecular complexity index is 778. The van der Waals surface area contributed by atoms with Crippen LogP contribution < -0.4 is 4.90 Å². The monoisotopic (exact) mass is 311 g/mol. The fraction of sp³-hybridized carbons (Fsp3) is 0.294. The number of aromatic nitrogens is 1. The first-order valence-electron chi connectivity index (χ1n) is 7.47. The van der Waals surface area contributed by atoms with Crippen LogP contribution in [0.4, 0.5) is 11.4 Å². The first kappa shape index (κ1) is 15.1. The van der Waals surface area contributed by atoms with Crippen molar-refractivity contribution in [1.82, 2.24) is 4.98 Å². The van der Waals surface area contributed by atoms with Crippen molar-refractivity contribution in [2.24, 2.45) is 0 Å². The van der Waals surface area contributed by atoms with Crippen molar-refractivity contribution >= 4 is 17.3 Å². The minimum Gasteiger partial charge on any atom is -0.311 e. The van der Waals surface area contributed by atoms with Crippen molar-refractivity contribution in [2.45, 2.75) is 26.7 Å². The lowest BCUT2D eigenvalue weighted by molar-refractivity contribution is -0.386. The molecule has 2 heterocycles. The molecule has 1 aliphatic rings. The molecule has 0 saturated carbocycles. The molecule has 0 aliphatic carbocycles. The first-order valence-corrected chi connectivity index (χ1v) is 7.47. The number of amides is 1. The minimum atomic E-state index is -0.431. The zero-order valence-electron chi connectivity index (χ0n) is 13.1. The Labute approximate surface area is 133 Å². The van der Waals surface area contributed by atoms with Crippen molar-refractivity contribution in [3.63, 3.8) is 0 Å². The number of anilines is 1. The van der Waals surface area contributed by atoms with E-state index in [-0.39, 0.29) is 18.0 Å². The van der Waals surface area contributed by atoms with E-state index in [0.29, 0.717) is 23.5 Å². The smallest absolute Gasteiger partial charge is 0.293 e. The Hall–Kier alpha value is -2.76. The highest BCUT2D eigenvalue weighted by molar-refractivity contribution is 5.96. The van der Waals surface area contributed by atoms with Crippen LogP contribution in [0, 0.1) is 24.0 Å². The molecule has 23 heavy (non-hydrogen) atoms. The van der Waals surface area contributed by atoms with E-state index in [1.807, 2.05) is 24.3 Å².